The van der Waals surface area contributed by atoms with E-state index < -0.39 is 0 Å². The van der Waals surface area contributed by atoms with Gasteiger partial charge in [0.25, 0.3) is 0 Å². The average Bonchev–Trinajstić information content (AvgIpc) is 3.29. The van der Waals surface area contributed by atoms with E-state index >= 15 is 0 Å². The van der Waals surface area contributed by atoms with Crippen molar-refractivity contribution in [2.45, 2.75) is 18.5 Å². The van der Waals surface area contributed by atoms with Crippen molar-refractivity contribution in [2.24, 2.45) is 5.73 Å². The lowest BCUT2D eigenvalue weighted by Gasteiger charge is -2.14. The van der Waals surface area contributed by atoms with Gasteiger partial charge in [-0.1, -0.05) is 35.5 Å². The maximum atomic E-state index is 6.31. The molecular formula is C17H19ClN4O2. The third kappa shape index (κ3) is 3.36. The highest BCUT2D eigenvalue weighted by Crippen LogP contribution is 2.27. The molecule has 1 aliphatic rings. The van der Waals surface area contributed by atoms with Gasteiger partial charge in [-0.2, -0.15) is 4.98 Å². The molecule has 3 heterocycles. The van der Waals surface area contributed by atoms with Crippen LogP contribution in [0.15, 0.2) is 57.7 Å². The summed E-state index contributed by atoms with van der Waals surface area (Å²) in [5.41, 5.74) is 7.60. The van der Waals surface area contributed by atoms with Gasteiger partial charge >= 0.3 is 0 Å². The number of halogens is 1. The number of aromatic nitrogens is 2. The number of nitrogens with zero attached hydrogens (tertiary/aromatic N) is 3. The summed E-state index contributed by atoms with van der Waals surface area (Å²) in [6, 6.07) is 14.1. The minimum atomic E-state index is 0. The fourth-order valence-electron chi connectivity index (χ4n) is 3.11. The number of benzene rings is 1. The van der Waals surface area contributed by atoms with Crippen molar-refractivity contribution in [1.82, 2.24) is 15.0 Å². The summed E-state index contributed by atoms with van der Waals surface area (Å²) in [7, 11) is 0. The molecule has 0 bridgehead atoms. The normalized spacial score (nSPS) is 20.9. The van der Waals surface area contributed by atoms with E-state index in [9.17, 15) is 0 Å². The summed E-state index contributed by atoms with van der Waals surface area (Å²) in [4.78, 5) is 6.64. The number of hydrogen-bond donors (Lipinski definition) is 1. The first-order chi connectivity index (χ1) is 11.3. The third-order valence-corrected chi connectivity index (χ3v) is 4.24. The van der Waals surface area contributed by atoms with Crippen molar-refractivity contribution in [3.63, 3.8) is 0 Å². The molecule has 0 aliphatic carbocycles. The lowest BCUT2D eigenvalue weighted by Crippen LogP contribution is -2.28. The van der Waals surface area contributed by atoms with Gasteiger partial charge in [0.15, 0.2) is 5.76 Å². The van der Waals surface area contributed by atoms with Crippen LogP contribution in [-0.4, -0.2) is 34.2 Å². The zero-order chi connectivity index (χ0) is 15.6. The number of furan rings is 1. The molecule has 0 spiro atoms. The van der Waals surface area contributed by atoms with Crippen LogP contribution in [-0.2, 0) is 6.54 Å². The Labute approximate surface area is 146 Å². The van der Waals surface area contributed by atoms with E-state index in [2.05, 4.69) is 39.3 Å². The Balaban J connectivity index is 0.00000169. The van der Waals surface area contributed by atoms with Crippen molar-refractivity contribution >= 4 is 12.4 Å². The molecule has 0 radical (unpaired) electrons. The highest BCUT2D eigenvalue weighted by Gasteiger charge is 2.32. The van der Waals surface area contributed by atoms with Crippen LogP contribution >= 0.6 is 12.4 Å². The van der Waals surface area contributed by atoms with Crippen molar-refractivity contribution < 1.29 is 8.94 Å². The van der Waals surface area contributed by atoms with Crippen molar-refractivity contribution in [1.29, 1.82) is 0 Å². The van der Waals surface area contributed by atoms with E-state index in [1.54, 1.807) is 12.3 Å². The zero-order valence-electron chi connectivity index (χ0n) is 13.0. The SMILES string of the molecule is Cl.N[C@@H]1CN(Cc2nc(-c3ccco3)no2)C[C@H]1c1ccccc1. The van der Waals surface area contributed by atoms with Gasteiger partial charge in [-0.3, -0.25) is 4.90 Å². The lowest BCUT2D eigenvalue weighted by atomic mass is 9.95. The van der Waals surface area contributed by atoms with Crippen LogP contribution in [0.2, 0.25) is 0 Å². The second kappa shape index (κ2) is 7.17. The van der Waals surface area contributed by atoms with Gasteiger partial charge in [0.2, 0.25) is 11.7 Å². The van der Waals surface area contributed by atoms with Gasteiger partial charge in [0, 0.05) is 25.0 Å². The summed E-state index contributed by atoms with van der Waals surface area (Å²) >= 11 is 0. The molecule has 0 unspecified atom stereocenters. The van der Waals surface area contributed by atoms with Crippen molar-refractivity contribution in [3.8, 4) is 11.6 Å². The Kier molecular flexibility index (Phi) is 4.99. The van der Waals surface area contributed by atoms with E-state index in [1.807, 2.05) is 12.1 Å². The highest BCUT2D eigenvalue weighted by molar-refractivity contribution is 5.85. The number of nitrogens with two attached hydrogens (primary N) is 1. The minimum absolute atomic E-state index is 0. The maximum absolute atomic E-state index is 6.31. The van der Waals surface area contributed by atoms with Gasteiger partial charge in [0.05, 0.1) is 12.8 Å². The second-order valence-electron chi connectivity index (χ2n) is 5.86. The molecule has 0 amide bonds. The summed E-state index contributed by atoms with van der Waals surface area (Å²) in [6.45, 7) is 2.31. The highest BCUT2D eigenvalue weighted by atomic mass is 35.5. The Hall–Kier alpha value is -2.15. The van der Waals surface area contributed by atoms with Crippen LogP contribution in [0.1, 0.15) is 17.4 Å². The van der Waals surface area contributed by atoms with E-state index in [-0.39, 0.29) is 18.4 Å². The van der Waals surface area contributed by atoms with E-state index in [0.717, 1.165) is 13.1 Å². The predicted octanol–water partition coefficient (Wildman–Crippen LogP) is 2.68. The number of rotatable bonds is 4. The first-order valence-electron chi connectivity index (χ1n) is 7.69. The Bertz CT molecular complexity index is 760. The Morgan fingerprint density at radius 3 is 2.71 bits per heavy atom. The van der Waals surface area contributed by atoms with Gasteiger partial charge in [-0.15, -0.1) is 12.4 Å². The maximum Gasteiger partial charge on any atom is 0.241 e. The smallest absolute Gasteiger partial charge is 0.241 e. The molecule has 1 aliphatic heterocycles. The molecule has 2 N–H and O–H groups in total. The summed E-state index contributed by atoms with van der Waals surface area (Å²) in [6.07, 6.45) is 1.59. The molecule has 126 valence electrons. The van der Waals surface area contributed by atoms with Gasteiger partial charge < -0.3 is 14.7 Å². The predicted molar refractivity (Wildman–Crippen MR) is 91.7 cm³/mol. The molecule has 24 heavy (non-hydrogen) atoms. The van der Waals surface area contributed by atoms with Crippen molar-refractivity contribution in [3.05, 3.63) is 60.2 Å². The fraction of sp³-hybridized carbons (Fsp3) is 0.294. The molecule has 2 atom stereocenters. The topological polar surface area (TPSA) is 81.3 Å². The van der Waals surface area contributed by atoms with E-state index in [4.69, 9.17) is 14.7 Å². The molecule has 2 aromatic heterocycles. The van der Waals surface area contributed by atoms with Crippen LogP contribution in [0.3, 0.4) is 0 Å². The fourth-order valence-corrected chi connectivity index (χ4v) is 3.11. The monoisotopic (exact) mass is 346 g/mol. The van der Waals surface area contributed by atoms with Crippen LogP contribution in [0.5, 0.6) is 0 Å². The lowest BCUT2D eigenvalue weighted by molar-refractivity contribution is 0.264. The first-order valence-corrected chi connectivity index (χ1v) is 7.69. The van der Waals surface area contributed by atoms with Gasteiger partial charge in [0.1, 0.15) is 0 Å². The molecule has 1 aromatic carbocycles. The molecule has 3 aromatic rings. The standard InChI is InChI=1S/C17H18N4O2.ClH/c18-14-10-21(9-13(14)12-5-2-1-3-6-12)11-16-19-17(20-23-16)15-7-4-8-22-15;/h1-8,13-14H,9-11,18H2;1H/t13-,14+;/m0./s1. The molecule has 1 saturated heterocycles. The molecule has 7 heteroatoms. The zero-order valence-corrected chi connectivity index (χ0v) is 13.9. The summed E-state index contributed by atoms with van der Waals surface area (Å²) < 4.78 is 10.6. The number of likely N-dealkylation sites (tertiary alicyclic amines) is 1. The molecule has 6 nitrogen and oxygen atoms in total. The molecular weight excluding hydrogens is 328 g/mol. The third-order valence-electron chi connectivity index (χ3n) is 4.24. The van der Waals surface area contributed by atoms with Gasteiger partial charge in [-0.05, 0) is 17.7 Å². The van der Waals surface area contributed by atoms with E-state index in [0.29, 0.717) is 29.9 Å². The quantitative estimate of drug-likeness (QED) is 0.782. The molecule has 0 saturated carbocycles. The first kappa shape index (κ1) is 16.7. The summed E-state index contributed by atoms with van der Waals surface area (Å²) in [5, 5.41) is 3.96. The van der Waals surface area contributed by atoms with Gasteiger partial charge in [-0.25, -0.2) is 0 Å². The molecule has 1 fully saturated rings. The Morgan fingerprint density at radius 2 is 1.96 bits per heavy atom. The largest absolute Gasteiger partial charge is 0.461 e. The minimum Gasteiger partial charge on any atom is -0.461 e. The van der Waals surface area contributed by atoms with Crippen LogP contribution in [0.4, 0.5) is 0 Å². The van der Waals surface area contributed by atoms with E-state index in [1.165, 1.54) is 5.56 Å². The summed E-state index contributed by atoms with van der Waals surface area (Å²) in [5.74, 6) is 2.01. The molecule has 4 rings (SSSR count). The average molecular weight is 347 g/mol. The van der Waals surface area contributed by atoms with Crippen LogP contribution in [0.25, 0.3) is 11.6 Å². The second-order valence-corrected chi connectivity index (χ2v) is 5.86. The number of hydrogen-bond acceptors (Lipinski definition) is 6. The van der Waals surface area contributed by atoms with Crippen molar-refractivity contribution in [2.75, 3.05) is 13.1 Å². The van der Waals surface area contributed by atoms with Crippen LogP contribution < -0.4 is 5.73 Å². The van der Waals surface area contributed by atoms with Crippen LogP contribution in [0, 0.1) is 0 Å². The Morgan fingerprint density at radius 1 is 1.12 bits per heavy atom.